The van der Waals surface area contributed by atoms with Gasteiger partial charge in [-0.2, -0.15) is 0 Å². The first-order chi connectivity index (χ1) is 6.65. The lowest BCUT2D eigenvalue weighted by Crippen LogP contribution is -2.12. The van der Waals surface area contributed by atoms with Gasteiger partial charge in [-0.05, 0) is 31.5 Å². The fourth-order valence-electron chi connectivity index (χ4n) is 1.18. The van der Waals surface area contributed by atoms with E-state index >= 15 is 0 Å². The molecule has 1 unspecified atom stereocenters. The smallest absolute Gasteiger partial charge is 0.313 e. The molecule has 1 aromatic carbocycles. The average Bonchev–Trinajstić information content (AvgIpc) is 2.17. The third-order valence-corrected chi connectivity index (χ3v) is 2.22. The molecule has 0 bridgehead atoms. The van der Waals surface area contributed by atoms with Crippen LogP contribution in [0.5, 0.6) is 0 Å². The summed E-state index contributed by atoms with van der Waals surface area (Å²) in [7, 11) is 0. The Labute approximate surface area is 88.8 Å². The number of esters is 1. The lowest BCUT2D eigenvalue weighted by molar-refractivity contribution is -0.144. The molecule has 0 saturated carbocycles. The normalized spacial score (nSPS) is 12.2. The molecule has 0 aliphatic rings. The zero-order chi connectivity index (χ0) is 10.6. The highest BCUT2D eigenvalue weighted by atomic mass is 35.5. The lowest BCUT2D eigenvalue weighted by atomic mass is 10.0. The Balaban J connectivity index is 2.78. The van der Waals surface area contributed by atoms with Crippen LogP contribution in [0.25, 0.3) is 0 Å². The van der Waals surface area contributed by atoms with Crippen molar-refractivity contribution >= 4 is 17.6 Å². The summed E-state index contributed by atoms with van der Waals surface area (Å²) < 4.78 is 4.92. The van der Waals surface area contributed by atoms with Gasteiger partial charge in [-0.25, -0.2) is 0 Å². The van der Waals surface area contributed by atoms with E-state index in [-0.39, 0.29) is 11.9 Å². The van der Waals surface area contributed by atoms with Gasteiger partial charge in [-0.15, -0.1) is 0 Å². The summed E-state index contributed by atoms with van der Waals surface area (Å²) in [6.07, 6.45) is 0. The van der Waals surface area contributed by atoms with Gasteiger partial charge in [0, 0.05) is 5.02 Å². The number of carbonyl (C=O) groups excluding carboxylic acids is 1. The predicted molar refractivity (Wildman–Crippen MR) is 56.5 cm³/mol. The third kappa shape index (κ3) is 2.74. The SMILES string of the molecule is CCOC(=O)C(C)c1cccc(Cl)c1. The van der Waals surface area contributed by atoms with Crippen molar-refractivity contribution < 1.29 is 9.53 Å². The number of hydrogen-bond donors (Lipinski definition) is 0. The Morgan fingerprint density at radius 2 is 2.29 bits per heavy atom. The van der Waals surface area contributed by atoms with Gasteiger partial charge in [0.05, 0.1) is 12.5 Å². The Hall–Kier alpha value is -1.02. The maximum Gasteiger partial charge on any atom is 0.313 e. The van der Waals surface area contributed by atoms with E-state index in [9.17, 15) is 4.79 Å². The molecule has 14 heavy (non-hydrogen) atoms. The van der Waals surface area contributed by atoms with E-state index in [1.54, 1.807) is 19.1 Å². The summed E-state index contributed by atoms with van der Waals surface area (Å²) in [4.78, 5) is 11.4. The summed E-state index contributed by atoms with van der Waals surface area (Å²) >= 11 is 5.82. The van der Waals surface area contributed by atoms with E-state index in [1.807, 2.05) is 19.1 Å². The van der Waals surface area contributed by atoms with Crippen molar-refractivity contribution in [2.45, 2.75) is 19.8 Å². The second-order valence-corrected chi connectivity index (χ2v) is 3.47. The largest absolute Gasteiger partial charge is 0.466 e. The first-order valence-electron chi connectivity index (χ1n) is 4.57. The highest BCUT2D eigenvalue weighted by molar-refractivity contribution is 6.30. The molecular formula is C11H13ClO2. The van der Waals surface area contributed by atoms with Crippen molar-refractivity contribution in [3.8, 4) is 0 Å². The molecule has 0 radical (unpaired) electrons. The second-order valence-electron chi connectivity index (χ2n) is 3.03. The van der Waals surface area contributed by atoms with Gasteiger partial charge < -0.3 is 4.74 Å². The van der Waals surface area contributed by atoms with Crippen molar-refractivity contribution in [2.75, 3.05) is 6.61 Å². The molecular weight excluding hydrogens is 200 g/mol. The van der Waals surface area contributed by atoms with E-state index in [4.69, 9.17) is 16.3 Å². The van der Waals surface area contributed by atoms with E-state index in [1.165, 1.54) is 0 Å². The fraction of sp³-hybridized carbons (Fsp3) is 0.364. The van der Waals surface area contributed by atoms with Crippen LogP contribution in [0, 0.1) is 0 Å². The molecule has 0 amide bonds. The van der Waals surface area contributed by atoms with Gasteiger partial charge in [-0.1, -0.05) is 23.7 Å². The summed E-state index contributed by atoms with van der Waals surface area (Å²) in [5.74, 6) is -0.469. The maximum absolute atomic E-state index is 11.4. The number of rotatable bonds is 3. The van der Waals surface area contributed by atoms with Crippen molar-refractivity contribution in [3.63, 3.8) is 0 Å². The molecule has 0 N–H and O–H groups in total. The van der Waals surface area contributed by atoms with Crippen LogP contribution in [-0.2, 0) is 9.53 Å². The highest BCUT2D eigenvalue weighted by Gasteiger charge is 2.15. The fourth-order valence-corrected chi connectivity index (χ4v) is 1.38. The summed E-state index contributed by atoms with van der Waals surface area (Å²) in [6.45, 7) is 4.01. The molecule has 0 heterocycles. The van der Waals surface area contributed by atoms with E-state index < -0.39 is 0 Å². The van der Waals surface area contributed by atoms with E-state index in [0.29, 0.717) is 11.6 Å². The number of benzene rings is 1. The first-order valence-corrected chi connectivity index (χ1v) is 4.95. The molecule has 0 aliphatic heterocycles. The van der Waals surface area contributed by atoms with Gasteiger partial charge in [-0.3, -0.25) is 4.79 Å². The van der Waals surface area contributed by atoms with Crippen LogP contribution >= 0.6 is 11.6 Å². The van der Waals surface area contributed by atoms with Crippen molar-refractivity contribution in [1.82, 2.24) is 0 Å². The molecule has 3 heteroatoms. The number of carbonyl (C=O) groups is 1. The van der Waals surface area contributed by atoms with Gasteiger partial charge >= 0.3 is 5.97 Å². The Bertz CT molecular complexity index is 323. The van der Waals surface area contributed by atoms with Crippen LogP contribution in [0.3, 0.4) is 0 Å². The quantitative estimate of drug-likeness (QED) is 0.720. The van der Waals surface area contributed by atoms with Gasteiger partial charge in [0.25, 0.3) is 0 Å². The zero-order valence-electron chi connectivity index (χ0n) is 8.29. The molecule has 1 rings (SSSR count). The van der Waals surface area contributed by atoms with Crippen molar-refractivity contribution in [3.05, 3.63) is 34.9 Å². The average molecular weight is 213 g/mol. The predicted octanol–water partition coefficient (Wildman–Crippen LogP) is 3.01. The molecule has 76 valence electrons. The highest BCUT2D eigenvalue weighted by Crippen LogP contribution is 2.20. The number of hydrogen-bond acceptors (Lipinski definition) is 2. The van der Waals surface area contributed by atoms with Gasteiger partial charge in [0.1, 0.15) is 0 Å². The van der Waals surface area contributed by atoms with Crippen molar-refractivity contribution in [1.29, 1.82) is 0 Å². The standard InChI is InChI=1S/C11H13ClO2/c1-3-14-11(13)8(2)9-5-4-6-10(12)7-9/h4-8H,3H2,1-2H3. The Morgan fingerprint density at radius 3 is 2.86 bits per heavy atom. The first kappa shape index (κ1) is 11.1. The Morgan fingerprint density at radius 1 is 1.57 bits per heavy atom. The minimum atomic E-state index is -0.256. The molecule has 0 aromatic heterocycles. The molecule has 0 aliphatic carbocycles. The minimum absolute atomic E-state index is 0.213. The summed E-state index contributed by atoms with van der Waals surface area (Å²) in [5, 5.41) is 0.638. The lowest BCUT2D eigenvalue weighted by Gasteiger charge is -2.10. The van der Waals surface area contributed by atoms with Crippen LogP contribution in [-0.4, -0.2) is 12.6 Å². The summed E-state index contributed by atoms with van der Waals surface area (Å²) in [5.41, 5.74) is 0.885. The topological polar surface area (TPSA) is 26.3 Å². The van der Waals surface area contributed by atoms with Crippen LogP contribution in [0.15, 0.2) is 24.3 Å². The van der Waals surface area contributed by atoms with Crippen LogP contribution < -0.4 is 0 Å². The van der Waals surface area contributed by atoms with E-state index in [0.717, 1.165) is 5.56 Å². The molecule has 1 atom stereocenters. The van der Waals surface area contributed by atoms with Gasteiger partial charge in [0.15, 0.2) is 0 Å². The third-order valence-electron chi connectivity index (χ3n) is 1.99. The monoisotopic (exact) mass is 212 g/mol. The molecule has 0 fully saturated rings. The molecule has 2 nitrogen and oxygen atoms in total. The van der Waals surface area contributed by atoms with Crippen LogP contribution in [0.1, 0.15) is 25.3 Å². The van der Waals surface area contributed by atoms with E-state index in [2.05, 4.69) is 0 Å². The number of ether oxygens (including phenoxy) is 1. The molecule has 0 spiro atoms. The van der Waals surface area contributed by atoms with Crippen molar-refractivity contribution in [2.24, 2.45) is 0 Å². The van der Waals surface area contributed by atoms with Crippen LogP contribution in [0.2, 0.25) is 5.02 Å². The molecule has 0 saturated heterocycles. The van der Waals surface area contributed by atoms with Gasteiger partial charge in [0.2, 0.25) is 0 Å². The zero-order valence-corrected chi connectivity index (χ0v) is 9.04. The number of halogens is 1. The Kier molecular flexibility index (Phi) is 3.96. The maximum atomic E-state index is 11.4. The minimum Gasteiger partial charge on any atom is -0.466 e. The van der Waals surface area contributed by atoms with Crippen LogP contribution in [0.4, 0.5) is 0 Å². The summed E-state index contributed by atoms with van der Waals surface area (Å²) in [6, 6.07) is 7.26. The second kappa shape index (κ2) is 5.01. The molecule has 1 aromatic rings.